The molecule has 1 aromatic rings. The van der Waals surface area contributed by atoms with Crippen molar-refractivity contribution in [2.24, 2.45) is 5.92 Å². The van der Waals surface area contributed by atoms with Crippen molar-refractivity contribution in [1.82, 2.24) is 0 Å². The number of nitrogens with two attached hydrogens (primary N) is 1. The number of rotatable bonds is 5. The Kier molecular flexibility index (Phi) is 4.43. The van der Waals surface area contributed by atoms with Gasteiger partial charge in [0.15, 0.2) is 0 Å². The first-order chi connectivity index (χ1) is 7.13. The van der Waals surface area contributed by atoms with Gasteiger partial charge in [0.05, 0.1) is 13.7 Å². The van der Waals surface area contributed by atoms with Crippen molar-refractivity contribution < 1.29 is 9.47 Å². The maximum absolute atomic E-state index is 5.70. The standard InChI is InChI=1S/C12H19NO2/c1-9(2)7-15-8-10-6-11(13)4-5-12(10)14-3/h4-6,9H,7-8,13H2,1-3H3. The predicted molar refractivity (Wildman–Crippen MR) is 61.9 cm³/mol. The van der Waals surface area contributed by atoms with Crippen LogP contribution in [0.4, 0.5) is 5.69 Å². The summed E-state index contributed by atoms with van der Waals surface area (Å²) in [7, 11) is 1.65. The Labute approximate surface area is 91.2 Å². The fraction of sp³-hybridized carbons (Fsp3) is 0.500. The highest BCUT2D eigenvalue weighted by atomic mass is 16.5. The Morgan fingerprint density at radius 3 is 2.67 bits per heavy atom. The van der Waals surface area contributed by atoms with Crippen LogP contribution in [-0.4, -0.2) is 13.7 Å². The summed E-state index contributed by atoms with van der Waals surface area (Å²) >= 11 is 0. The molecule has 0 bridgehead atoms. The van der Waals surface area contributed by atoms with Crippen LogP contribution in [0.1, 0.15) is 19.4 Å². The zero-order chi connectivity index (χ0) is 11.3. The van der Waals surface area contributed by atoms with E-state index in [1.807, 2.05) is 18.2 Å². The molecule has 0 aliphatic heterocycles. The molecule has 0 saturated carbocycles. The molecule has 1 aromatic carbocycles. The second-order valence-electron chi connectivity index (χ2n) is 3.98. The van der Waals surface area contributed by atoms with Crippen molar-refractivity contribution in [1.29, 1.82) is 0 Å². The third-order valence-electron chi connectivity index (χ3n) is 2.01. The Hall–Kier alpha value is -1.22. The third kappa shape index (κ3) is 3.80. The van der Waals surface area contributed by atoms with E-state index in [1.165, 1.54) is 0 Å². The van der Waals surface area contributed by atoms with Gasteiger partial charge < -0.3 is 15.2 Å². The van der Waals surface area contributed by atoms with Crippen molar-refractivity contribution in [3.05, 3.63) is 23.8 Å². The van der Waals surface area contributed by atoms with Crippen LogP contribution in [0.15, 0.2) is 18.2 Å². The fourth-order valence-electron chi connectivity index (χ4n) is 1.32. The van der Waals surface area contributed by atoms with Gasteiger partial charge in [0.2, 0.25) is 0 Å². The van der Waals surface area contributed by atoms with Crippen LogP contribution < -0.4 is 10.5 Å². The molecule has 0 saturated heterocycles. The van der Waals surface area contributed by atoms with Gasteiger partial charge in [0.1, 0.15) is 5.75 Å². The molecule has 1 rings (SSSR count). The second-order valence-corrected chi connectivity index (χ2v) is 3.98. The molecule has 15 heavy (non-hydrogen) atoms. The zero-order valence-corrected chi connectivity index (χ0v) is 9.62. The van der Waals surface area contributed by atoms with E-state index < -0.39 is 0 Å². The second kappa shape index (κ2) is 5.61. The van der Waals surface area contributed by atoms with Gasteiger partial charge >= 0.3 is 0 Å². The van der Waals surface area contributed by atoms with Gasteiger partial charge in [-0.15, -0.1) is 0 Å². The van der Waals surface area contributed by atoms with Crippen LogP contribution in [-0.2, 0) is 11.3 Å². The molecule has 0 unspecified atom stereocenters. The van der Waals surface area contributed by atoms with Gasteiger partial charge in [-0.1, -0.05) is 13.8 Å². The molecular formula is C12H19NO2. The molecule has 0 fully saturated rings. The van der Waals surface area contributed by atoms with Crippen LogP contribution in [0, 0.1) is 5.92 Å². The molecule has 0 aromatic heterocycles. The first-order valence-corrected chi connectivity index (χ1v) is 5.13. The summed E-state index contributed by atoms with van der Waals surface area (Å²) in [6, 6.07) is 5.58. The number of nitrogen functional groups attached to an aromatic ring is 1. The summed E-state index contributed by atoms with van der Waals surface area (Å²) in [5.74, 6) is 1.37. The average Bonchev–Trinajstić information content (AvgIpc) is 2.17. The Balaban J connectivity index is 2.62. The van der Waals surface area contributed by atoms with Crippen molar-refractivity contribution in [2.45, 2.75) is 20.5 Å². The number of hydrogen-bond acceptors (Lipinski definition) is 3. The van der Waals surface area contributed by atoms with Crippen LogP contribution >= 0.6 is 0 Å². The largest absolute Gasteiger partial charge is 0.496 e. The molecule has 0 atom stereocenters. The number of methoxy groups -OCH3 is 1. The Morgan fingerprint density at radius 1 is 1.33 bits per heavy atom. The summed E-state index contributed by atoms with van der Waals surface area (Å²) in [5, 5.41) is 0. The van der Waals surface area contributed by atoms with Gasteiger partial charge in [0, 0.05) is 17.9 Å². The normalized spacial score (nSPS) is 10.7. The van der Waals surface area contributed by atoms with Gasteiger partial charge in [-0.3, -0.25) is 0 Å². The Bertz CT molecular complexity index is 310. The summed E-state index contributed by atoms with van der Waals surface area (Å²) < 4.78 is 10.8. The first-order valence-electron chi connectivity index (χ1n) is 5.13. The lowest BCUT2D eigenvalue weighted by Gasteiger charge is -2.11. The van der Waals surface area contributed by atoms with E-state index in [2.05, 4.69) is 13.8 Å². The van der Waals surface area contributed by atoms with Gasteiger partial charge in [-0.2, -0.15) is 0 Å². The monoisotopic (exact) mass is 209 g/mol. The van der Waals surface area contributed by atoms with E-state index in [-0.39, 0.29) is 0 Å². The van der Waals surface area contributed by atoms with Crippen LogP contribution in [0.3, 0.4) is 0 Å². The average molecular weight is 209 g/mol. The van der Waals surface area contributed by atoms with Gasteiger partial charge in [0.25, 0.3) is 0 Å². The minimum atomic E-state index is 0.539. The fourth-order valence-corrected chi connectivity index (χ4v) is 1.32. The summed E-state index contributed by atoms with van der Waals surface area (Å²) in [6.45, 7) is 5.54. The molecule has 3 heteroatoms. The smallest absolute Gasteiger partial charge is 0.124 e. The number of benzene rings is 1. The highest BCUT2D eigenvalue weighted by Crippen LogP contribution is 2.21. The minimum Gasteiger partial charge on any atom is -0.496 e. The highest BCUT2D eigenvalue weighted by Gasteiger charge is 2.04. The topological polar surface area (TPSA) is 44.5 Å². The molecule has 0 spiro atoms. The molecule has 0 heterocycles. The lowest BCUT2D eigenvalue weighted by molar-refractivity contribution is 0.0956. The van der Waals surface area contributed by atoms with Crippen LogP contribution in [0.25, 0.3) is 0 Å². The predicted octanol–water partition coefficient (Wildman–Crippen LogP) is 2.45. The van der Waals surface area contributed by atoms with E-state index in [4.69, 9.17) is 15.2 Å². The van der Waals surface area contributed by atoms with E-state index in [0.717, 1.165) is 23.6 Å². The Morgan fingerprint density at radius 2 is 2.07 bits per heavy atom. The van der Waals surface area contributed by atoms with Crippen molar-refractivity contribution in [3.8, 4) is 5.75 Å². The van der Waals surface area contributed by atoms with Gasteiger partial charge in [-0.25, -0.2) is 0 Å². The molecule has 0 amide bonds. The minimum absolute atomic E-state index is 0.539. The summed E-state index contributed by atoms with van der Waals surface area (Å²) in [5.41, 5.74) is 7.44. The highest BCUT2D eigenvalue weighted by molar-refractivity contribution is 5.47. The lowest BCUT2D eigenvalue weighted by atomic mass is 10.2. The molecule has 84 valence electrons. The van der Waals surface area contributed by atoms with E-state index >= 15 is 0 Å². The number of ether oxygens (including phenoxy) is 2. The number of anilines is 1. The van der Waals surface area contributed by atoms with Crippen molar-refractivity contribution in [3.63, 3.8) is 0 Å². The van der Waals surface area contributed by atoms with Gasteiger partial charge in [-0.05, 0) is 24.1 Å². The van der Waals surface area contributed by atoms with E-state index in [9.17, 15) is 0 Å². The van der Waals surface area contributed by atoms with Crippen molar-refractivity contribution in [2.75, 3.05) is 19.5 Å². The maximum atomic E-state index is 5.70. The molecule has 3 nitrogen and oxygen atoms in total. The molecule has 0 aliphatic rings. The van der Waals surface area contributed by atoms with E-state index in [0.29, 0.717) is 12.5 Å². The zero-order valence-electron chi connectivity index (χ0n) is 9.62. The van der Waals surface area contributed by atoms with E-state index in [1.54, 1.807) is 7.11 Å². The quantitative estimate of drug-likeness (QED) is 0.757. The molecule has 2 N–H and O–H groups in total. The molecule has 0 radical (unpaired) electrons. The summed E-state index contributed by atoms with van der Waals surface area (Å²) in [6.07, 6.45) is 0. The summed E-state index contributed by atoms with van der Waals surface area (Å²) in [4.78, 5) is 0. The van der Waals surface area contributed by atoms with Crippen LogP contribution in [0.2, 0.25) is 0 Å². The van der Waals surface area contributed by atoms with Crippen LogP contribution in [0.5, 0.6) is 5.75 Å². The lowest BCUT2D eigenvalue weighted by Crippen LogP contribution is -2.03. The third-order valence-corrected chi connectivity index (χ3v) is 2.01. The number of hydrogen-bond donors (Lipinski definition) is 1. The molecule has 0 aliphatic carbocycles. The SMILES string of the molecule is COc1ccc(N)cc1COCC(C)C. The maximum Gasteiger partial charge on any atom is 0.124 e. The molecular weight excluding hydrogens is 190 g/mol. The van der Waals surface area contributed by atoms with Crippen molar-refractivity contribution >= 4 is 5.69 Å². The first kappa shape index (κ1) is 11.9.